The van der Waals surface area contributed by atoms with Gasteiger partial charge in [0.25, 0.3) is 0 Å². The fraction of sp³-hybridized carbons (Fsp3) is 0.263. The minimum atomic E-state index is -4.57. The van der Waals surface area contributed by atoms with E-state index < -0.39 is 29.6 Å². The fourth-order valence-electron chi connectivity index (χ4n) is 2.23. The average Bonchev–Trinajstić information content (AvgIpc) is 2.65. The molecule has 0 aliphatic carbocycles. The third kappa shape index (κ3) is 4.95. The predicted molar refractivity (Wildman–Crippen MR) is 99.0 cm³/mol. The van der Waals surface area contributed by atoms with E-state index in [1.54, 1.807) is 44.2 Å². The van der Waals surface area contributed by atoms with Gasteiger partial charge in [-0.2, -0.15) is 13.2 Å². The molecule has 0 aromatic heterocycles. The molecule has 0 fully saturated rings. The summed E-state index contributed by atoms with van der Waals surface area (Å²) >= 11 is 5.92. The lowest BCUT2D eigenvalue weighted by Gasteiger charge is -2.27. The molecule has 0 saturated heterocycles. The molecule has 0 N–H and O–H groups in total. The van der Waals surface area contributed by atoms with Gasteiger partial charge in [-0.25, -0.2) is 4.79 Å². The summed E-state index contributed by atoms with van der Waals surface area (Å²) in [4.78, 5) is 31.4. The molecule has 0 radical (unpaired) electrons. The zero-order valence-corrected chi connectivity index (χ0v) is 16.1. The summed E-state index contributed by atoms with van der Waals surface area (Å²) in [6.45, 7) is 3.26. The van der Waals surface area contributed by atoms with Crippen molar-refractivity contribution in [2.45, 2.75) is 20.0 Å². The molecule has 0 heterocycles. The van der Waals surface area contributed by atoms with Gasteiger partial charge in [-0.15, -0.1) is 5.06 Å². The maximum Gasteiger partial charge on any atom is 0.416 e. The van der Waals surface area contributed by atoms with E-state index in [2.05, 4.69) is 0 Å². The Hall–Kier alpha value is -2.74. The Labute approximate surface area is 165 Å². The summed E-state index contributed by atoms with van der Waals surface area (Å²) in [6.07, 6.45) is -4.57. The minimum absolute atomic E-state index is 0.169. The van der Waals surface area contributed by atoms with Crippen molar-refractivity contribution in [2.24, 2.45) is 5.92 Å². The van der Waals surface area contributed by atoms with E-state index in [9.17, 15) is 22.8 Å². The SMILES string of the molecule is CC(C)C(=O)N(C)C(=O)N(Oc1ccc(C(F)(F)F)cc1Cl)c1ccccc1. The van der Waals surface area contributed by atoms with Crippen LogP contribution in [0, 0.1) is 5.92 Å². The molecule has 3 amide bonds. The summed E-state index contributed by atoms with van der Waals surface area (Å²) in [6, 6.07) is 9.76. The molecular weight excluding hydrogens is 397 g/mol. The van der Waals surface area contributed by atoms with Crippen molar-refractivity contribution in [2.75, 3.05) is 12.1 Å². The lowest BCUT2D eigenvalue weighted by molar-refractivity contribution is -0.137. The standard InChI is InChI=1S/C19H18ClF3N2O3/c1-12(2)17(26)24(3)18(27)25(14-7-5-4-6-8-14)28-16-10-9-13(11-15(16)20)19(21,22)23/h4-12H,1-3H3. The number of hydroxylamine groups is 1. The molecule has 0 spiro atoms. The fourth-order valence-corrected chi connectivity index (χ4v) is 2.45. The van der Waals surface area contributed by atoms with Crippen molar-refractivity contribution in [1.29, 1.82) is 0 Å². The van der Waals surface area contributed by atoms with Gasteiger partial charge in [-0.1, -0.05) is 43.6 Å². The third-order valence-corrected chi connectivity index (χ3v) is 4.02. The first-order valence-electron chi connectivity index (χ1n) is 8.23. The molecular formula is C19H18ClF3N2O3. The van der Waals surface area contributed by atoms with Gasteiger partial charge >= 0.3 is 12.2 Å². The van der Waals surface area contributed by atoms with E-state index >= 15 is 0 Å². The summed E-state index contributed by atoms with van der Waals surface area (Å²) in [5.41, 5.74) is -0.679. The monoisotopic (exact) mass is 414 g/mol. The molecule has 5 nitrogen and oxygen atoms in total. The van der Waals surface area contributed by atoms with Crippen molar-refractivity contribution >= 4 is 29.2 Å². The molecule has 2 rings (SSSR count). The van der Waals surface area contributed by atoms with Gasteiger partial charge in [-0.05, 0) is 30.3 Å². The Morgan fingerprint density at radius 1 is 1.07 bits per heavy atom. The summed E-state index contributed by atoms with van der Waals surface area (Å²) in [5.74, 6) is -1.06. The van der Waals surface area contributed by atoms with Crippen LogP contribution in [0.2, 0.25) is 5.02 Å². The summed E-state index contributed by atoms with van der Waals surface area (Å²) in [7, 11) is 1.29. The van der Waals surface area contributed by atoms with Gasteiger partial charge in [0, 0.05) is 13.0 Å². The third-order valence-electron chi connectivity index (χ3n) is 3.72. The Morgan fingerprint density at radius 3 is 2.18 bits per heavy atom. The number of urea groups is 1. The van der Waals surface area contributed by atoms with Gasteiger partial charge < -0.3 is 4.84 Å². The van der Waals surface area contributed by atoms with Crippen molar-refractivity contribution in [3.63, 3.8) is 0 Å². The summed E-state index contributed by atoms with van der Waals surface area (Å²) < 4.78 is 38.5. The molecule has 2 aromatic rings. The quantitative estimate of drug-likeness (QED) is 0.630. The van der Waals surface area contributed by atoms with Crippen LogP contribution in [0.3, 0.4) is 0 Å². The molecule has 28 heavy (non-hydrogen) atoms. The Kier molecular flexibility index (Phi) is 6.56. The number of nitrogens with zero attached hydrogens (tertiary/aromatic N) is 2. The van der Waals surface area contributed by atoms with Crippen LogP contribution in [-0.4, -0.2) is 23.9 Å². The zero-order valence-electron chi connectivity index (χ0n) is 15.3. The van der Waals surface area contributed by atoms with Gasteiger partial charge in [0.1, 0.15) is 0 Å². The number of hydrogen-bond acceptors (Lipinski definition) is 3. The Bertz CT molecular complexity index is 857. The van der Waals surface area contributed by atoms with Crippen LogP contribution in [0.5, 0.6) is 5.75 Å². The van der Waals surface area contributed by atoms with Crippen LogP contribution in [0.15, 0.2) is 48.5 Å². The van der Waals surface area contributed by atoms with Crippen LogP contribution < -0.4 is 9.90 Å². The van der Waals surface area contributed by atoms with Gasteiger partial charge in [0.2, 0.25) is 5.91 Å². The normalized spacial score (nSPS) is 11.3. The molecule has 0 saturated carbocycles. The van der Waals surface area contributed by atoms with E-state index in [1.165, 1.54) is 7.05 Å². The molecule has 0 aliphatic rings. The van der Waals surface area contributed by atoms with Crippen molar-refractivity contribution in [1.82, 2.24) is 4.90 Å². The lowest BCUT2D eigenvalue weighted by atomic mass is 10.2. The van der Waals surface area contributed by atoms with E-state index in [0.29, 0.717) is 6.07 Å². The highest BCUT2D eigenvalue weighted by Gasteiger charge is 2.32. The number of para-hydroxylation sites is 1. The van der Waals surface area contributed by atoms with Gasteiger partial charge in [0.05, 0.1) is 16.3 Å². The highest BCUT2D eigenvalue weighted by Crippen LogP contribution is 2.35. The van der Waals surface area contributed by atoms with E-state index in [4.69, 9.17) is 16.4 Å². The number of benzene rings is 2. The Balaban J connectivity index is 2.39. The number of imide groups is 1. The number of carbonyl (C=O) groups is 2. The van der Waals surface area contributed by atoms with Crippen molar-refractivity contribution < 1.29 is 27.6 Å². The molecule has 0 unspecified atom stereocenters. The van der Waals surface area contributed by atoms with Crippen LogP contribution in [0.4, 0.5) is 23.7 Å². The highest BCUT2D eigenvalue weighted by molar-refractivity contribution is 6.32. The predicted octanol–water partition coefficient (Wildman–Crippen LogP) is 5.39. The second kappa shape index (κ2) is 8.52. The van der Waals surface area contributed by atoms with Crippen LogP contribution in [0.1, 0.15) is 19.4 Å². The molecule has 0 aliphatic heterocycles. The lowest BCUT2D eigenvalue weighted by Crippen LogP contribution is -2.47. The zero-order chi connectivity index (χ0) is 21.1. The highest BCUT2D eigenvalue weighted by atomic mass is 35.5. The largest absolute Gasteiger partial charge is 0.416 e. The smallest absolute Gasteiger partial charge is 0.369 e. The molecule has 2 aromatic carbocycles. The first-order valence-corrected chi connectivity index (χ1v) is 8.61. The first kappa shape index (κ1) is 21.6. The number of carbonyl (C=O) groups excluding carboxylic acids is 2. The van der Waals surface area contributed by atoms with Crippen LogP contribution >= 0.6 is 11.6 Å². The van der Waals surface area contributed by atoms with Gasteiger partial charge in [-0.3, -0.25) is 9.69 Å². The van der Waals surface area contributed by atoms with Crippen molar-refractivity contribution in [3.05, 3.63) is 59.1 Å². The molecule has 0 bridgehead atoms. The maximum absolute atomic E-state index is 12.8. The second-order valence-electron chi connectivity index (χ2n) is 6.20. The number of anilines is 1. The Morgan fingerprint density at radius 2 is 1.68 bits per heavy atom. The molecule has 150 valence electrons. The molecule has 0 atom stereocenters. The maximum atomic E-state index is 12.8. The summed E-state index contributed by atoms with van der Waals surface area (Å²) in [5, 5.41) is 0.468. The average molecular weight is 415 g/mol. The topological polar surface area (TPSA) is 49.9 Å². The van der Waals surface area contributed by atoms with Crippen LogP contribution in [0.25, 0.3) is 0 Å². The first-order chi connectivity index (χ1) is 13.0. The number of alkyl halides is 3. The van der Waals surface area contributed by atoms with E-state index in [-0.39, 0.29) is 16.5 Å². The number of rotatable bonds is 4. The number of amides is 3. The number of hydrogen-bond donors (Lipinski definition) is 0. The van der Waals surface area contributed by atoms with Gasteiger partial charge in [0.15, 0.2) is 5.75 Å². The van der Waals surface area contributed by atoms with Crippen molar-refractivity contribution in [3.8, 4) is 5.75 Å². The molecule has 9 heteroatoms. The number of halogens is 4. The van der Waals surface area contributed by atoms with E-state index in [1.807, 2.05) is 0 Å². The second-order valence-corrected chi connectivity index (χ2v) is 6.61. The minimum Gasteiger partial charge on any atom is -0.369 e. The van der Waals surface area contributed by atoms with E-state index in [0.717, 1.165) is 22.1 Å². The van der Waals surface area contributed by atoms with Crippen LogP contribution in [-0.2, 0) is 11.0 Å².